The molecule has 0 radical (unpaired) electrons. The lowest BCUT2D eigenvalue weighted by Gasteiger charge is -2.12. The summed E-state index contributed by atoms with van der Waals surface area (Å²) in [6.07, 6.45) is 1.30. The van der Waals surface area contributed by atoms with Gasteiger partial charge in [0.05, 0.1) is 11.0 Å². The monoisotopic (exact) mass is 195 g/mol. The molecule has 0 spiro atoms. The van der Waals surface area contributed by atoms with E-state index < -0.39 is 4.92 Å². The molecule has 1 aromatic heterocycles. The number of aromatic nitrogens is 1. The van der Waals surface area contributed by atoms with E-state index in [1.54, 1.807) is 0 Å². The number of nitro groups is 1. The molecule has 6 heteroatoms. The van der Waals surface area contributed by atoms with E-state index in [0.717, 1.165) is 0 Å². The van der Waals surface area contributed by atoms with Crippen molar-refractivity contribution in [2.24, 2.45) is 0 Å². The summed E-state index contributed by atoms with van der Waals surface area (Å²) in [5, 5.41) is 10.4. The molecule has 0 aliphatic carbocycles. The van der Waals surface area contributed by atoms with Crippen LogP contribution in [0.25, 0.3) is 0 Å². The van der Waals surface area contributed by atoms with Crippen molar-refractivity contribution in [3.8, 4) is 0 Å². The van der Waals surface area contributed by atoms with Gasteiger partial charge in [-0.05, 0) is 0 Å². The van der Waals surface area contributed by atoms with Crippen LogP contribution in [0.15, 0.2) is 18.3 Å². The topological polar surface area (TPSA) is 76.3 Å². The number of carbonyl (C=O) groups is 1. The number of amides is 1. The van der Waals surface area contributed by atoms with Gasteiger partial charge in [0.15, 0.2) is 0 Å². The molecule has 0 aliphatic rings. The van der Waals surface area contributed by atoms with Crippen molar-refractivity contribution in [2.75, 3.05) is 11.9 Å². The quantitative estimate of drug-likeness (QED) is 0.520. The van der Waals surface area contributed by atoms with E-state index in [1.807, 2.05) is 0 Å². The Bertz CT molecular complexity index is 378. The van der Waals surface area contributed by atoms with Crippen molar-refractivity contribution in [1.82, 2.24) is 4.98 Å². The van der Waals surface area contributed by atoms with Crippen molar-refractivity contribution in [2.45, 2.75) is 6.92 Å². The van der Waals surface area contributed by atoms with Crippen molar-refractivity contribution in [3.63, 3.8) is 0 Å². The highest BCUT2D eigenvalue weighted by molar-refractivity contribution is 5.89. The first-order valence-electron chi connectivity index (χ1n) is 3.87. The average Bonchev–Trinajstić information content (AvgIpc) is 2.16. The van der Waals surface area contributed by atoms with E-state index in [1.165, 1.54) is 37.2 Å². The van der Waals surface area contributed by atoms with Crippen LogP contribution in [0.4, 0.5) is 11.5 Å². The molecule has 1 heterocycles. The summed E-state index contributed by atoms with van der Waals surface area (Å²) in [5.41, 5.74) is -0.0805. The molecule has 0 aromatic carbocycles. The molecular weight excluding hydrogens is 186 g/mol. The molecular formula is C8H9N3O3. The van der Waals surface area contributed by atoms with Crippen LogP contribution in [0.1, 0.15) is 6.92 Å². The average molecular weight is 195 g/mol. The molecule has 0 saturated carbocycles. The lowest BCUT2D eigenvalue weighted by Crippen LogP contribution is -2.23. The molecule has 0 bridgehead atoms. The molecule has 0 atom stereocenters. The zero-order valence-electron chi connectivity index (χ0n) is 7.80. The van der Waals surface area contributed by atoms with Gasteiger partial charge < -0.3 is 4.90 Å². The molecule has 6 nitrogen and oxygen atoms in total. The van der Waals surface area contributed by atoms with Crippen molar-refractivity contribution in [1.29, 1.82) is 0 Å². The molecule has 74 valence electrons. The van der Waals surface area contributed by atoms with Crippen LogP contribution in [0.2, 0.25) is 0 Å². The summed E-state index contributed by atoms with van der Waals surface area (Å²) < 4.78 is 0. The Balaban J connectivity index is 3.05. The Hall–Kier alpha value is -1.98. The Morgan fingerprint density at radius 2 is 2.29 bits per heavy atom. The second kappa shape index (κ2) is 3.82. The first-order valence-corrected chi connectivity index (χ1v) is 3.87. The molecule has 14 heavy (non-hydrogen) atoms. The second-order valence-electron chi connectivity index (χ2n) is 2.71. The van der Waals surface area contributed by atoms with Gasteiger partial charge in [0.1, 0.15) is 5.82 Å². The number of nitrogens with zero attached hydrogens (tertiary/aromatic N) is 3. The molecule has 0 saturated heterocycles. The fourth-order valence-electron chi connectivity index (χ4n) is 0.866. The van der Waals surface area contributed by atoms with Crippen LogP contribution in [-0.2, 0) is 4.79 Å². The zero-order valence-corrected chi connectivity index (χ0v) is 7.80. The summed E-state index contributed by atoms with van der Waals surface area (Å²) in [5.74, 6) is 0.0460. The minimum Gasteiger partial charge on any atom is -0.300 e. The molecule has 0 N–H and O–H groups in total. The third-order valence-corrected chi connectivity index (χ3v) is 1.76. The number of hydrogen-bond donors (Lipinski definition) is 0. The predicted octanol–water partition coefficient (Wildman–Crippen LogP) is 0.972. The number of hydrogen-bond acceptors (Lipinski definition) is 4. The van der Waals surface area contributed by atoms with E-state index in [0.29, 0.717) is 0 Å². The molecule has 0 fully saturated rings. The van der Waals surface area contributed by atoms with Crippen LogP contribution in [-0.4, -0.2) is 22.9 Å². The Morgan fingerprint density at radius 3 is 2.79 bits per heavy atom. The first-order chi connectivity index (χ1) is 6.52. The predicted molar refractivity (Wildman–Crippen MR) is 50.0 cm³/mol. The maximum atomic E-state index is 10.9. The normalized spacial score (nSPS) is 9.57. The largest absolute Gasteiger partial charge is 0.300 e. The van der Waals surface area contributed by atoms with Gasteiger partial charge in [-0.15, -0.1) is 0 Å². The minimum atomic E-state index is -0.529. The third kappa shape index (κ3) is 2.03. The van der Waals surface area contributed by atoms with Crippen LogP contribution in [0, 0.1) is 10.1 Å². The van der Waals surface area contributed by atoms with E-state index in [9.17, 15) is 14.9 Å². The highest BCUT2D eigenvalue weighted by Gasteiger charge is 2.11. The molecule has 1 amide bonds. The lowest BCUT2D eigenvalue weighted by atomic mass is 10.4. The Labute approximate surface area is 80.3 Å². The van der Waals surface area contributed by atoms with Crippen LogP contribution >= 0.6 is 0 Å². The Morgan fingerprint density at radius 1 is 1.64 bits per heavy atom. The molecule has 0 unspecified atom stereocenters. The number of rotatable bonds is 2. The van der Waals surface area contributed by atoms with Gasteiger partial charge in [-0.25, -0.2) is 4.98 Å². The lowest BCUT2D eigenvalue weighted by molar-refractivity contribution is -0.384. The fourth-order valence-corrected chi connectivity index (χ4v) is 0.866. The van der Waals surface area contributed by atoms with Gasteiger partial charge in [-0.2, -0.15) is 0 Å². The van der Waals surface area contributed by atoms with Gasteiger partial charge in [0.25, 0.3) is 5.69 Å². The minimum absolute atomic E-state index is 0.0805. The van der Waals surface area contributed by atoms with Crippen LogP contribution in [0.5, 0.6) is 0 Å². The van der Waals surface area contributed by atoms with Crippen LogP contribution < -0.4 is 4.90 Å². The summed E-state index contributed by atoms with van der Waals surface area (Å²) in [4.78, 5) is 25.9. The number of pyridine rings is 1. The van der Waals surface area contributed by atoms with Crippen LogP contribution in [0.3, 0.4) is 0 Å². The fraction of sp³-hybridized carbons (Fsp3) is 0.250. The third-order valence-electron chi connectivity index (χ3n) is 1.76. The summed E-state index contributed by atoms with van der Waals surface area (Å²) in [6.45, 7) is 1.36. The van der Waals surface area contributed by atoms with Crippen molar-refractivity contribution >= 4 is 17.4 Å². The highest BCUT2D eigenvalue weighted by atomic mass is 16.6. The van der Waals surface area contributed by atoms with Crippen molar-refractivity contribution in [3.05, 3.63) is 28.4 Å². The van der Waals surface area contributed by atoms with E-state index in [4.69, 9.17) is 0 Å². The second-order valence-corrected chi connectivity index (χ2v) is 2.71. The molecule has 1 aromatic rings. The van der Waals surface area contributed by atoms with E-state index >= 15 is 0 Å². The number of carbonyl (C=O) groups excluding carboxylic acids is 1. The van der Waals surface area contributed by atoms with E-state index in [-0.39, 0.29) is 17.4 Å². The van der Waals surface area contributed by atoms with Gasteiger partial charge in [-0.3, -0.25) is 14.9 Å². The maximum absolute atomic E-state index is 10.9. The van der Waals surface area contributed by atoms with Gasteiger partial charge in [-0.1, -0.05) is 0 Å². The van der Waals surface area contributed by atoms with Gasteiger partial charge in [0.2, 0.25) is 5.91 Å². The maximum Gasteiger partial charge on any atom is 0.274 e. The zero-order chi connectivity index (χ0) is 10.7. The molecule has 0 aliphatic heterocycles. The Kier molecular flexibility index (Phi) is 2.76. The van der Waals surface area contributed by atoms with Crippen molar-refractivity contribution < 1.29 is 9.72 Å². The van der Waals surface area contributed by atoms with Gasteiger partial charge in [0, 0.05) is 26.2 Å². The smallest absolute Gasteiger partial charge is 0.274 e. The summed E-state index contributed by atoms with van der Waals surface area (Å²) in [7, 11) is 1.51. The summed E-state index contributed by atoms with van der Waals surface area (Å²) in [6, 6.07) is 2.53. The van der Waals surface area contributed by atoms with Gasteiger partial charge >= 0.3 is 0 Å². The standard InChI is InChI=1S/C8H9N3O3/c1-6(12)10(2)8-5-7(11(13)14)3-4-9-8/h3-5H,1-2H3. The highest BCUT2D eigenvalue weighted by Crippen LogP contribution is 2.16. The molecule has 1 rings (SSSR count). The number of anilines is 1. The summed E-state index contributed by atoms with van der Waals surface area (Å²) >= 11 is 0. The first kappa shape index (κ1) is 10.1. The SMILES string of the molecule is CC(=O)N(C)c1cc([N+](=O)[O-])ccn1. The van der Waals surface area contributed by atoms with E-state index in [2.05, 4.69) is 4.98 Å².